The van der Waals surface area contributed by atoms with E-state index in [-0.39, 0.29) is 24.9 Å². The highest BCUT2D eigenvalue weighted by molar-refractivity contribution is 5.87. The number of nitrogens with one attached hydrogen (secondary N) is 2. The van der Waals surface area contributed by atoms with Gasteiger partial charge in [0.15, 0.2) is 0 Å². The molecule has 0 atom stereocenters. The summed E-state index contributed by atoms with van der Waals surface area (Å²) in [5, 5.41) is 4.80. The summed E-state index contributed by atoms with van der Waals surface area (Å²) in [6.07, 6.45) is 1.31. The van der Waals surface area contributed by atoms with Crippen molar-refractivity contribution in [2.24, 2.45) is 0 Å². The van der Waals surface area contributed by atoms with Crippen LogP contribution < -0.4 is 10.6 Å². The molecule has 0 rings (SSSR count). The van der Waals surface area contributed by atoms with Crippen molar-refractivity contribution in [3.8, 4) is 0 Å². The highest BCUT2D eigenvalue weighted by Gasteiger charge is 1.95. The van der Waals surface area contributed by atoms with Gasteiger partial charge in [0.05, 0.1) is 6.67 Å². The number of hydrogen-bond acceptors (Lipinski definition) is 2. The number of amides is 2. The molecule has 0 aromatic rings. The van der Waals surface area contributed by atoms with E-state index >= 15 is 0 Å². The molecule has 0 saturated heterocycles. The lowest BCUT2D eigenvalue weighted by atomic mass is 10.5. The fourth-order valence-corrected chi connectivity index (χ4v) is 0.390. The minimum Gasteiger partial charge on any atom is -0.339 e. The van der Waals surface area contributed by atoms with Crippen LogP contribution in [0.15, 0.2) is 12.7 Å². The monoisotopic (exact) mass is 155 g/mol. The molecule has 0 fully saturated rings. The van der Waals surface area contributed by atoms with E-state index in [1.54, 1.807) is 0 Å². The lowest BCUT2D eigenvalue weighted by molar-refractivity contribution is -0.120. The van der Waals surface area contributed by atoms with Crippen molar-refractivity contribution in [1.82, 2.24) is 10.6 Å². The molecule has 0 aliphatic heterocycles. The molecule has 1 radical (unpaired) electrons. The zero-order valence-corrected chi connectivity index (χ0v) is 6.22. The summed E-state index contributed by atoms with van der Waals surface area (Å²) < 4.78 is 0. The highest BCUT2D eigenvalue weighted by Crippen LogP contribution is 1.71. The maximum absolute atomic E-state index is 10.5. The SMILES string of the molecule is [CH2]CC(=O)NCNC(=O)C=C. The number of carbonyl (C=O) groups is 2. The Kier molecular flexibility index (Phi) is 4.81. The standard InChI is InChI=1S/C7H11N2O2/c1-3-6(10)8-5-9-7(11)4-2/h3H,1-2,4-5H2,(H,8,10)(H,9,11). The third-order valence-electron chi connectivity index (χ3n) is 0.961. The average Bonchev–Trinajstić information content (AvgIpc) is 2.04. The summed E-state index contributed by atoms with van der Waals surface area (Å²) in [6, 6.07) is 0. The van der Waals surface area contributed by atoms with Crippen molar-refractivity contribution < 1.29 is 9.59 Å². The summed E-state index contributed by atoms with van der Waals surface area (Å²) in [5.41, 5.74) is 0. The van der Waals surface area contributed by atoms with Gasteiger partial charge in [-0.15, -0.1) is 0 Å². The summed E-state index contributed by atoms with van der Waals surface area (Å²) in [7, 11) is 0. The van der Waals surface area contributed by atoms with Crippen LogP contribution in [0, 0.1) is 6.92 Å². The molecule has 0 aliphatic rings. The van der Waals surface area contributed by atoms with Gasteiger partial charge in [-0.05, 0) is 13.0 Å². The van der Waals surface area contributed by atoms with Crippen molar-refractivity contribution in [1.29, 1.82) is 0 Å². The molecule has 0 aliphatic carbocycles. The van der Waals surface area contributed by atoms with E-state index in [9.17, 15) is 9.59 Å². The van der Waals surface area contributed by atoms with Gasteiger partial charge in [0.1, 0.15) is 0 Å². The van der Waals surface area contributed by atoms with Crippen molar-refractivity contribution in [2.45, 2.75) is 6.42 Å². The van der Waals surface area contributed by atoms with Crippen LogP contribution >= 0.6 is 0 Å². The van der Waals surface area contributed by atoms with Gasteiger partial charge in [-0.2, -0.15) is 0 Å². The molecular formula is C7H11N2O2. The predicted octanol–water partition coefficient (Wildman–Crippen LogP) is -0.414. The first-order valence-electron chi connectivity index (χ1n) is 3.17. The van der Waals surface area contributed by atoms with Crippen LogP contribution in [-0.4, -0.2) is 18.5 Å². The molecule has 4 nitrogen and oxygen atoms in total. The Morgan fingerprint density at radius 3 is 2.45 bits per heavy atom. The quantitative estimate of drug-likeness (QED) is 0.428. The first kappa shape index (κ1) is 9.68. The van der Waals surface area contributed by atoms with Gasteiger partial charge in [-0.1, -0.05) is 6.58 Å². The van der Waals surface area contributed by atoms with Crippen LogP contribution in [0.25, 0.3) is 0 Å². The smallest absolute Gasteiger partial charge is 0.244 e. The van der Waals surface area contributed by atoms with Crippen LogP contribution in [0.1, 0.15) is 6.42 Å². The predicted molar refractivity (Wildman–Crippen MR) is 41.3 cm³/mol. The third-order valence-corrected chi connectivity index (χ3v) is 0.961. The molecule has 0 spiro atoms. The normalized spacial score (nSPS) is 8.45. The summed E-state index contributed by atoms with van der Waals surface area (Å²) in [5.74, 6) is -0.510. The van der Waals surface area contributed by atoms with Gasteiger partial charge < -0.3 is 10.6 Å². The first-order valence-corrected chi connectivity index (χ1v) is 3.17. The van der Waals surface area contributed by atoms with E-state index < -0.39 is 0 Å². The Hall–Kier alpha value is -1.32. The van der Waals surface area contributed by atoms with Crippen LogP contribution in [-0.2, 0) is 9.59 Å². The van der Waals surface area contributed by atoms with Gasteiger partial charge in [0.25, 0.3) is 0 Å². The number of rotatable bonds is 4. The second-order valence-corrected chi connectivity index (χ2v) is 1.77. The van der Waals surface area contributed by atoms with Gasteiger partial charge in [-0.3, -0.25) is 9.59 Å². The zero-order valence-electron chi connectivity index (χ0n) is 6.22. The molecule has 0 saturated carbocycles. The van der Waals surface area contributed by atoms with E-state index in [2.05, 4.69) is 24.1 Å². The third kappa shape index (κ3) is 5.14. The van der Waals surface area contributed by atoms with Crippen LogP contribution in [0.5, 0.6) is 0 Å². The molecular weight excluding hydrogens is 144 g/mol. The lowest BCUT2D eigenvalue weighted by Crippen LogP contribution is -2.35. The van der Waals surface area contributed by atoms with Crippen molar-refractivity contribution in [3.05, 3.63) is 19.6 Å². The second kappa shape index (κ2) is 5.46. The molecule has 0 aromatic carbocycles. The van der Waals surface area contributed by atoms with Crippen molar-refractivity contribution in [2.75, 3.05) is 6.67 Å². The molecule has 2 amide bonds. The molecule has 61 valence electrons. The zero-order chi connectivity index (χ0) is 8.69. The van der Waals surface area contributed by atoms with Crippen LogP contribution in [0.2, 0.25) is 0 Å². The van der Waals surface area contributed by atoms with E-state index in [1.165, 1.54) is 0 Å². The summed E-state index contributed by atoms with van der Waals surface area (Å²) in [6.45, 7) is 6.72. The summed E-state index contributed by atoms with van der Waals surface area (Å²) in [4.78, 5) is 21.0. The van der Waals surface area contributed by atoms with Crippen LogP contribution in [0.3, 0.4) is 0 Å². The molecule has 2 N–H and O–H groups in total. The Morgan fingerprint density at radius 1 is 1.36 bits per heavy atom. The number of carbonyl (C=O) groups excluding carboxylic acids is 2. The molecule has 11 heavy (non-hydrogen) atoms. The summed E-state index contributed by atoms with van der Waals surface area (Å²) >= 11 is 0. The number of hydrogen-bond donors (Lipinski definition) is 2. The highest BCUT2D eigenvalue weighted by atomic mass is 16.2. The van der Waals surface area contributed by atoms with Crippen molar-refractivity contribution >= 4 is 11.8 Å². The average molecular weight is 155 g/mol. The van der Waals surface area contributed by atoms with E-state index in [4.69, 9.17) is 0 Å². The maximum Gasteiger partial charge on any atom is 0.244 e. The fraction of sp³-hybridized carbons (Fsp3) is 0.286. The first-order chi connectivity index (χ1) is 5.20. The molecule has 0 bridgehead atoms. The fourth-order valence-electron chi connectivity index (χ4n) is 0.390. The molecule has 0 aromatic heterocycles. The van der Waals surface area contributed by atoms with Crippen LogP contribution in [0.4, 0.5) is 0 Å². The molecule has 0 unspecified atom stereocenters. The van der Waals surface area contributed by atoms with Crippen molar-refractivity contribution in [3.63, 3.8) is 0 Å². The lowest BCUT2D eigenvalue weighted by Gasteiger charge is -2.02. The van der Waals surface area contributed by atoms with E-state index in [0.717, 1.165) is 6.08 Å². The molecule has 4 heteroatoms. The largest absolute Gasteiger partial charge is 0.339 e. The Labute approximate surface area is 65.7 Å². The molecule has 0 heterocycles. The van der Waals surface area contributed by atoms with Gasteiger partial charge in [0.2, 0.25) is 11.8 Å². The Bertz CT molecular complexity index is 166. The Balaban J connectivity index is 3.34. The van der Waals surface area contributed by atoms with E-state index in [1.807, 2.05) is 0 Å². The van der Waals surface area contributed by atoms with Gasteiger partial charge >= 0.3 is 0 Å². The Morgan fingerprint density at radius 2 is 2.00 bits per heavy atom. The minimum atomic E-state index is -0.311. The topological polar surface area (TPSA) is 58.2 Å². The van der Waals surface area contributed by atoms with Gasteiger partial charge in [0, 0.05) is 6.42 Å². The second-order valence-electron chi connectivity index (χ2n) is 1.77. The minimum absolute atomic E-state index is 0.124. The van der Waals surface area contributed by atoms with Gasteiger partial charge in [-0.25, -0.2) is 0 Å². The van der Waals surface area contributed by atoms with E-state index in [0.29, 0.717) is 0 Å². The maximum atomic E-state index is 10.5.